The molecule has 3 aromatic carbocycles. The van der Waals surface area contributed by atoms with Crippen LogP contribution < -0.4 is 5.32 Å². The van der Waals surface area contributed by atoms with Crippen molar-refractivity contribution in [2.75, 3.05) is 13.6 Å². The van der Waals surface area contributed by atoms with Crippen molar-refractivity contribution in [2.24, 2.45) is 0 Å². The van der Waals surface area contributed by atoms with Crippen LogP contribution in [0.25, 0.3) is 0 Å². The number of carbonyl (C=O) groups is 1. The van der Waals surface area contributed by atoms with E-state index in [2.05, 4.69) is 34.5 Å². The largest absolute Gasteiger partial charge is 0.348 e. The molecule has 0 fully saturated rings. The first-order valence-corrected chi connectivity index (χ1v) is 9.29. The van der Waals surface area contributed by atoms with Gasteiger partial charge in [-0.3, -0.25) is 9.69 Å². The highest BCUT2D eigenvalue weighted by atomic mass is 16.2. The number of benzene rings is 3. The zero-order valence-corrected chi connectivity index (χ0v) is 15.9. The van der Waals surface area contributed by atoms with Crippen molar-refractivity contribution < 1.29 is 4.79 Å². The Morgan fingerprint density at radius 2 is 1.19 bits per heavy atom. The number of hydrogen-bond acceptors (Lipinski definition) is 2. The second-order valence-electron chi connectivity index (χ2n) is 6.84. The standard InChI is InChI=1S/C24H26N2O/c1-19(20-12-6-3-7-13-20)25-23(27)18-26(2)24(21-14-8-4-9-15-21)22-16-10-5-11-17-22/h3-17,19,24H,18H2,1-2H3,(H,25,27)/t19-/m1/s1. The second kappa shape index (κ2) is 9.15. The fourth-order valence-electron chi connectivity index (χ4n) is 3.40. The molecule has 0 saturated heterocycles. The summed E-state index contributed by atoms with van der Waals surface area (Å²) in [6.45, 7) is 2.34. The highest BCUT2D eigenvalue weighted by Gasteiger charge is 2.21. The molecular weight excluding hydrogens is 332 g/mol. The number of amides is 1. The van der Waals surface area contributed by atoms with Crippen LogP contribution in [0.2, 0.25) is 0 Å². The Labute approximate surface area is 161 Å². The van der Waals surface area contributed by atoms with Crippen LogP contribution in [0.4, 0.5) is 0 Å². The molecule has 0 aliphatic carbocycles. The third-order valence-corrected chi connectivity index (χ3v) is 4.74. The summed E-state index contributed by atoms with van der Waals surface area (Å²) in [5.41, 5.74) is 3.46. The van der Waals surface area contributed by atoms with Crippen molar-refractivity contribution in [1.82, 2.24) is 10.2 Å². The van der Waals surface area contributed by atoms with Gasteiger partial charge in [-0.15, -0.1) is 0 Å². The van der Waals surface area contributed by atoms with Gasteiger partial charge in [0.15, 0.2) is 0 Å². The van der Waals surface area contributed by atoms with E-state index < -0.39 is 0 Å². The Morgan fingerprint density at radius 3 is 1.63 bits per heavy atom. The monoisotopic (exact) mass is 358 g/mol. The van der Waals surface area contributed by atoms with Gasteiger partial charge >= 0.3 is 0 Å². The topological polar surface area (TPSA) is 32.3 Å². The Bertz CT molecular complexity index is 795. The molecule has 0 bridgehead atoms. The van der Waals surface area contributed by atoms with Crippen LogP contribution >= 0.6 is 0 Å². The molecule has 0 heterocycles. The zero-order chi connectivity index (χ0) is 19.1. The Kier molecular flexibility index (Phi) is 6.39. The lowest BCUT2D eigenvalue weighted by molar-refractivity contribution is -0.122. The molecule has 1 amide bonds. The average Bonchev–Trinajstić information content (AvgIpc) is 2.70. The van der Waals surface area contributed by atoms with Gasteiger partial charge in [-0.1, -0.05) is 91.0 Å². The molecule has 1 N–H and O–H groups in total. The summed E-state index contributed by atoms with van der Waals surface area (Å²) in [4.78, 5) is 14.7. The number of hydrogen-bond donors (Lipinski definition) is 1. The van der Waals surface area contributed by atoms with Gasteiger partial charge in [-0.25, -0.2) is 0 Å². The number of likely N-dealkylation sites (N-methyl/N-ethyl adjacent to an activating group) is 1. The normalized spacial score (nSPS) is 12.1. The predicted molar refractivity (Wildman–Crippen MR) is 110 cm³/mol. The summed E-state index contributed by atoms with van der Waals surface area (Å²) in [5.74, 6) is 0.0192. The quantitative estimate of drug-likeness (QED) is 0.670. The van der Waals surface area contributed by atoms with Gasteiger partial charge in [0.2, 0.25) is 5.91 Å². The molecule has 1 atom stereocenters. The van der Waals surface area contributed by atoms with Gasteiger partial charge in [-0.2, -0.15) is 0 Å². The Hall–Kier alpha value is -2.91. The third-order valence-electron chi connectivity index (χ3n) is 4.74. The SMILES string of the molecule is C[C@@H](NC(=O)CN(C)C(c1ccccc1)c1ccccc1)c1ccccc1. The summed E-state index contributed by atoms with van der Waals surface area (Å²) in [7, 11) is 2.00. The molecule has 0 radical (unpaired) electrons. The van der Waals surface area contributed by atoms with E-state index >= 15 is 0 Å². The Balaban J connectivity index is 1.73. The third kappa shape index (κ3) is 5.05. The minimum absolute atomic E-state index is 0.0148. The van der Waals surface area contributed by atoms with E-state index in [1.807, 2.05) is 80.7 Å². The maximum Gasteiger partial charge on any atom is 0.234 e. The first-order chi connectivity index (χ1) is 13.1. The van der Waals surface area contributed by atoms with Gasteiger partial charge < -0.3 is 5.32 Å². The molecule has 27 heavy (non-hydrogen) atoms. The van der Waals surface area contributed by atoms with Crippen LogP contribution in [0.3, 0.4) is 0 Å². The zero-order valence-electron chi connectivity index (χ0n) is 15.9. The fourth-order valence-corrected chi connectivity index (χ4v) is 3.40. The lowest BCUT2D eigenvalue weighted by Crippen LogP contribution is -2.38. The number of nitrogens with one attached hydrogen (secondary N) is 1. The van der Waals surface area contributed by atoms with Crippen molar-refractivity contribution in [3.63, 3.8) is 0 Å². The molecule has 0 spiro atoms. The molecular formula is C24H26N2O. The summed E-state index contributed by atoms with van der Waals surface area (Å²) in [6.07, 6.45) is 0. The summed E-state index contributed by atoms with van der Waals surface area (Å²) in [5, 5.41) is 3.10. The van der Waals surface area contributed by atoms with E-state index in [0.717, 1.165) is 5.56 Å². The second-order valence-corrected chi connectivity index (χ2v) is 6.84. The highest BCUT2D eigenvalue weighted by Crippen LogP contribution is 2.27. The lowest BCUT2D eigenvalue weighted by Gasteiger charge is -2.29. The fraction of sp³-hybridized carbons (Fsp3) is 0.208. The maximum atomic E-state index is 12.7. The van der Waals surface area contributed by atoms with Gasteiger partial charge in [0.1, 0.15) is 0 Å². The van der Waals surface area contributed by atoms with Crippen LogP contribution in [-0.2, 0) is 4.79 Å². The van der Waals surface area contributed by atoms with Crippen LogP contribution in [-0.4, -0.2) is 24.4 Å². The van der Waals surface area contributed by atoms with E-state index in [1.165, 1.54) is 11.1 Å². The van der Waals surface area contributed by atoms with Crippen molar-refractivity contribution in [3.05, 3.63) is 108 Å². The summed E-state index contributed by atoms with van der Waals surface area (Å²) >= 11 is 0. The minimum Gasteiger partial charge on any atom is -0.348 e. The summed E-state index contributed by atoms with van der Waals surface area (Å²) < 4.78 is 0. The molecule has 138 valence electrons. The molecule has 0 aliphatic heterocycles. The maximum absolute atomic E-state index is 12.7. The number of rotatable bonds is 7. The predicted octanol–water partition coefficient (Wildman–Crippen LogP) is 4.59. The molecule has 0 aliphatic rings. The molecule has 0 unspecified atom stereocenters. The van der Waals surface area contributed by atoms with Crippen molar-refractivity contribution >= 4 is 5.91 Å². The smallest absolute Gasteiger partial charge is 0.234 e. The van der Waals surface area contributed by atoms with E-state index in [0.29, 0.717) is 6.54 Å². The Morgan fingerprint density at radius 1 is 0.778 bits per heavy atom. The molecule has 0 saturated carbocycles. The molecule has 3 aromatic rings. The van der Waals surface area contributed by atoms with Gasteiger partial charge in [-0.05, 0) is 30.7 Å². The molecule has 3 nitrogen and oxygen atoms in total. The number of carbonyl (C=O) groups excluding carboxylic acids is 1. The lowest BCUT2D eigenvalue weighted by atomic mass is 9.97. The first-order valence-electron chi connectivity index (χ1n) is 9.29. The van der Waals surface area contributed by atoms with Crippen molar-refractivity contribution in [3.8, 4) is 0 Å². The van der Waals surface area contributed by atoms with E-state index in [4.69, 9.17) is 0 Å². The van der Waals surface area contributed by atoms with Crippen LogP contribution in [0.5, 0.6) is 0 Å². The van der Waals surface area contributed by atoms with Crippen molar-refractivity contribution in [1.29, 1.82) is 0 Å². The average molecular weight is 358 g/mol. The van der Waals surface area contributed by atoms with E-state index in [9.17, 15) is 4.79 Å². The highest BCUT2D eigenvalue weighted by molar-refractivity contribution is 5.78. The van der Waals surface area contributed by atoms with Crippen molar-refractivity contribution in [2.45, 2.75) is 19.0 Å². The van der Waals surface area contributed by atoms with Crippen LogP contribution in [0.15, 0.2) is 91.0 Å². The summed E-state index contributed by atoms with van der Waals surface area (Å²) in [6, 6.07) is 30.7. The molecule has 3 heteroatoms. The first kappa shape index (κ1) is 18.9. The molecule has 0 aromatic heterocycles. The van der Waals surface area contributed by atoms with Gasteiger partial charge in [0.25, 0.3) is 0 Å². The van der Waals surface area contributed by atoms with E-state index in [-0.39, 0.29) is 18.0 Å². The van der Waals surface area contributed by atoms with E-state index in [1.54, 1.807) is 0 Å². The van der Waals surface area contributed by atoms with Crippen LogP contribution in [0.1, 0.15) is 35.7 Å². The molecule has 3 rings (SSSR count). The number of nitrogens with zero attached hydrogens (tertiary/aromatic N) is 1. The minimum atomic E-state index is -0.0148. The van der Waals surface area contributed by atoms with Crippen LogP contribution in [0, 0.1) is 0 Å². The van der Waals surface area contributed by atoms with Gasteiger partial charge in [0.05, 0.1) is 18.6 Å². The van der Waals surface area contributed by atoms with Gasteiger partial charge in [0, 0.05) is 0 Å².